The van der Waals surface area contributed by atoms with E-state index in [9.17, 15) is 18.0 Å². The molecule has 2 aromatic carbocycles. The van der Waals surface area contributed by atoms with Gasteiger partial charge in [-0.3, -0.25) is 9.79 Å². The number of nitrogens with one attached hydrogen (secondary N) is 2. The van der Waals surface area contributed by atoms with Crippen molar-refractivity contribution in [3.05, 3.63) is 77.2 Å². The van der Waals surface area contributed by atoms with Gasteiger partial charge in [-0.15, -0.1) is 0 Å². The maximum atomic E-state index is 14.0. The van der Waals surface area contributed by atoms with Crippen LogP contribution in [0.5, 0.6) is 0 Å². The average Bonchev–Trinajstić information content (AvgIpc) is 2.70. The Labute approximate surface area is 191 Å². The van der Waals surface area contributed by atoms with Crippen molar-refractivity contribution < 1.29 is 18.0 Å². The van der Waals surface area contributed by atoms with Gasteiger partial charge in [-0.2, -0.15) is 4.99 Å². The molecule has 1 unspecified atom stereocenters. The van der Waals surface area contributed by atoms with Crippen LogP contribution in [0.1, 0.15) is 50.0 Å². The number of hydrogen-bond donors (Lipinski definition) is 3. The molecule has 0 saturated heterocycles. The molecule has 0 heterocycles. The minimum atomic E-state index is -1.01. The molecule has 0 aliphatic rings. The van der Waals surface area contributed by atoms with Gasteiger partial charge in [0.05, 0.1) is 11.7 Å². The molecule has 4 N–H and O–H groups in total. The van der Waals surface area contributed by atoms with E-state index in [4.69, 9.17) is 5.73 Å². The van der Waals surface area contributed by atoms with E-state index in [-0.39, 0.29) is 23.8 Å². The van der Waals surface area contributed by atoms with Crippen LogP contribution in [0.2, 0.25) is 0 Å². The highest BCUT2D eigenvalue weighted by molar-refractivity contribution is 6.03. The lowest BCUT2D eigenvalue weighted by Crippen LogP contribution is -2.53. The number of rotatable bonds is 6. The third kappa shape index (κ3) is 8.53. The number of amides is 1. The van der Waals surface area contributed by atoms with Gasteiger partial charge >= 0.3 is 0 Å². The third-order valence-corrected chi connectivity index (χ3v) is 4.22. The monoisotopic (exact) mass is 459 g/mol. The molecular weight excluding hydrogens is 431 g/mol. The highest BCUT2D eigenvalue weighted by Gasteiger charge is 2.19. The molecule has 0 aliphatic heterocycles. The van der Waals surface area contributed by atoms with Crippen LogP contribution in [0, 0.1) is 17.5 Å². The zero-order valence-corrected chi connectivity index (χ0v) is 19.0. The van der Waals surface area contributed by atoms with Crippen molar-refractivity contribution in [2.45, 2.75) is 45.8 Å². The lowest BCUT2D eigenvalue weighted by molar-refractivity contribution is 0.0998. The summed E-state index contributed by atoms with van der Waals surface area (Å²) < 4.78 is 40.5. The Bertz CT molecular complexity index is 1060. The fourth-order valence-corrected chi connectivity index (χ4v) is 2.81. The molecule has 2 rings (SSSR count). The van der Waals surface area contributed by atoms with Gasteiger partial charge in [0, 0.05) is 30.4 Å². The molecule has 6 nitrogen and oxygen atoms in total. The Morgan fingerprint density at radius 3 is 2.30 bits per heavy atom. The molecule has 0 bridgehead atoms. The predicted octanol–water partition coefficient (Wildman–Crippen LogP) is 4.38. The average molecular weight is 460 g/mol. The van der Waals surface area contributed by atoms with Crippen molar-refractivity contribution in [3.63, 3.8) is 0 Å². The number of carbonyl (C=O) groups is 1. The second kappa shape index (κ2) is 11.4. The molecule has 0 aromatic heterocycles. The Balaban J connectivity index is 2.28. The van der Waals surface area contributed by atoms with E-state index in [0.29, 0.717) is 6.07 Å². The first-order chi connectivity index (χ1) is 15.5. The predicted molar refractivity (Wildman–Crippen MR) is 125 cm³/mol. The van der Waals surface area contributed by atoms with Crippen molar-refractivity contribution in [1.29, 1.82) is 0 Å². The first-order valence-electron chi connectivity index (χ1n) is 10.3. The van der Waals surface area contributed by atoms with E-state index in [1.165, 1.54) is 12.1 Å². The molecular formula is C24H28F3N5O. The molecule has 1 amide bonds. The zero-order chi connectivity index (χ0) is 24.6. The Morgan fingerprint density at radius 2 is 1.73 bits per heavy atom. The van der Waals surface area contributed by atoms with E-state index in [2.05, 4.69) is 20.6 Å². The summed E-state index contributed by atoms with van der Waals surface area (Å²) in [5.74, 6) is -3.04. The molecule has 0 aliphatic carbocycles. The van der Waals surface area contributed by atoms with Gasteiger partial charge in [0.15, 0.2) is 0 Å². The lowest BCUT2D eigenvalue weighted by atomic mass is 10.0. The number of nitrogens with zero attached hydrogens (tertiary/aromatic N) is 2. The maximum absolute atomic E-state index is 14.0. The van der Waals surface area contributed by atoms with Gasteiger partial charge in [0.1, 0.15) is 17.5 Å². The van der Waals surface area contributed by atoms with E-state index >= 15 is 0 Å². The molecule has 0 saturated carbocycles. The van der Waals surface area contributed by atoms with Gasteiger partial charge < -0.3 is 16.4 Å². The van der Waals surface area contributed by atoms with Crippen LogP contribution in [-0.2, 0) is 0 Å². The van der Waals surface area contributed by atoms with Crippen molar-refractivity contribution in [2.24, 2.45) is 15.7 Å². The van der Waals surface area contributed by atoms with Gasteiger partial charge in [-0.05, 0) is 63.1 Å². The largest absolute Gasteiger partial charge is 0.351 e. The maximum Gasteiger partial charge on any atom is 0.283 e. The summed E-state index contributed by atoms with van der Waals surface area (Å²) in [6, 6.07) is 8.53. The first kappa shape index (κ1) is 25.8. The summed E-state index contributed by atoms with van der Waals surface area (Å²) in [7, 11) is 0. The molecule has 33 heavy (non-hydrogen) atoms. The van der Waals surface area contributed by atoms with Gasteiger partial charge in [-0.1, -0.05) is 12.1 Å². The molecule has 2 aromatic rings. The fraction of sp³-hybridized carbons (Fsp3) is 0.292. The molecule has 1 atom stereocenters. The summed E-state index contributed by atoms with van der Waals surface area (Å²) in [5.41, 5.74) is 6.84. The summed E-state index contributed by atoms with van der Waals surface area (Å²) in [4.78, 5) is 20.6. The van der Waals surface area contributed by atoms with Crippen LogP contribution in [0.3, 0.4) is 0 Å². The van der Waals surface area contributed by atoms with Crippen molar-refractivity contribution >= 4 is 23.7 Å². The molecule has 0 radical (unpaired) electrons. The summed E-state index contributed by atoms with van der Waals surface area (Å²) in [6.45, 7) is 7.30. The highest BCUT2D eigenvalue weighted by atomic mass is 19.1. The smallest absolute Gasteiger partial charge is 0.283 e. The number of aliphatic imine (C=N–C) groups is 2. The zero-order valence-electron chi connectivity index (χ0n) is 19.0. The SMILES string of the molecule is CC=N/C=C(/CC(N)N/C(=N\C(=O)c1ccc(F)cc1F)NC(C)(C)C)c1ccc(F)cc1. The van der Waals surface area contributed by atoms with Crippen LogP contribution < -0.4 is 16.4 Å². The summed E-state index contributed by atoms with van der Waals surface area (Å²) >= 11 is 0. The van der Waals surface area contributed by atoms with E-state index in [0.717, 1.165) is 23.3 Å². The number of hydrogen-bond acceptors (Lipinski definition) is 3. The number of benzene rings is 2. The molecule has 0 spiro atoms. The lowest BCUT2D eigenvalue weighted by Gasteiger charge is -2.26. The van der Waals surface area contributed by atoms with Crippen LogP contribution in [-0.4, -0.2) is 29.8 Å². The topological polar surface area (TPSA) is 91.9 Å². The number of halogens is 3. The van der Waals surface area contributed by atoms with Crippen LogP contribution >= 0.6 is 0 Å². The normalized spacial score (nSPS) is 13.8. The molecule has 9 heteroatoms. The van der Waals surface area contributed by atoms with Crippen LogP contribution in [0.15, 0.2) is 58.6 Å². The standard InChI is InChI=1S/C24H28F3N5O/c1-5-29-14-16(15-6-8-17(25)9-7-15)12-21(28)30-23(32-24(2,3)4)31-22(33)19-11-10-18(26)13-20(19)27/h5-11,13-14,21H,12,28H2,1-4H3,(H2,30,31,32,33)/b16-14-,29-5?. The summed E-state index contributed by atoms with van der Waals surface area (Å²) in [5, 5.41) is 5.95. The second-order valence-electron chi connectivity index (χ2n) is 8.29. The van der Waals surface area contributed by atoms with Gasteiger partial charge in [-0.25, -0.2) is 13.2 Å². The van der Waals surface area contributed by atoms with Crippen molar-refractivity contribution in [1.82, 2.24) is 10.6 Å². The minimum absolute atomic E-state index is 0.0289. The number of carbonyl (C=O) groups excluding carboxylic acids is 1. The van der Waals surface area contributed by atoms with E-state index in [1.54, 1.807) is 31.5 Å². The minimum Gasteiger partial charge on any atom is -0.351 e. The van der Waals surface area contributed by atoms with E-state index in [1.807, 2.05) is 20.8 Å². The summed E-state index contributed by atoms with van der Waals surface area (Å²) in [6.07, 6.45) is 2.74. The Hall–Kier alpha value is -3.46. The Kier molecular flexibility index (Phi) is 8.93. The van der Waals surface area contributed by atoms with Crippen molar-refractivity contribution in [3.8, 4) is 0 Å². The molecule has 176 valence electrons. The number of guanidine groups is 1. The highest BCUT2D eigenvalue weighted by Crippen LogP contribution is 2.20. The van der Waals surface area contributed by atoms with E-state index < -0.39 is 29.2 Å². The van der Waals surface area contributed by atoms with Crippen LogP contribution in [0.4, 0.5) is 13.2 Å². The molecule has 0 fully saturated rings. The second-order valence-corrected chi connectivity index (χ2v) is 8.29. The first-order valence-corrected chi connectivity index (χ1v) is 10.3. The van der Waals surface area contributed by atoms with Crippen molar-refractivity contribution in [2.75, 3.05) is 0 Å². The van der Waals surface area contributed by atoms with Gasteiger partial charge in [0.25, 0.3) is 5.91 Å². The Morgan fingerprint density at radius 1 is 1.09 bits per heavy atom. The number of nitrogens with two attached hydrogens (primary N) is 1. The van der Waals surface area contributed by atoms with Crippen LogP contribution in [0.25, 0.3) is 5.57 Å². The fourth-order valence-electron chi connectivity index (χ4n) is 2.81. The quantitative estimate of drug-likeness (QED) is 0.340. The third-order valence-electron chi connectivity index (χ3n) is 4.22. The van der Waals surface area contributed by atoms with Gasteiger partial charge in [0.2, 0.25) is 5.96 Å².